The van der Waals surface area contributed by atoms with Crippen LogP contribution in [-0.2, 0) is 4.79 Å². The molecule has 3 rings (SSSR count). The fourth-order valence-electron chi connectivity index (χ4n) is 2.63. The average Bonchev–Trinajstić information content (AvgIpc) is 3.02. The maximum absolute atomic E-state index is 12.5. The molecule has 0 saturated heterocycles. The molecule has 0 radical (unpaired) electrons. The van der Waals surface area contributed by atoms with E-state index in [2.05, 4.69) is 5.32 Å². The second-order valence-corrected chi connectivity index (χ2v) is 6.10. The summed E-state index contributed by atoms with van der Waals surface area (Å²) in [5.74, 6) is -1.14. The first-order valence-corrected chi connectivity index (χ1v) is 8.17. The van der Waals surface area contributed by atoms with Crippen LogP contribution < -0.4 is 5.32 Å². The summed E-state index contributed by atoms with van der Waals surface area (Å²) in [6.45, 7) is 0. The maximum Gasteiger partial charge on any atom is 0.303 e. The van der Waals surface area contributed by atoms with Crippen LogP contribution in [0.5, 0.6) is 0 Å². The molecule has 0 bridgehead atoms. The van der Waals surface area contributed by atoms with Gasteiger partial charge in [-0.25, -0.2) is 0 Å². The SMILES string of the molecule is O=C(O)CC[C@H](NC(=O)c1cc2cc(Cl)ccc2o1)c1ccccc1. The van der Waals surface area contributed by atoms with Gasteiger partial charge in [-0.15, -0.1) is 0 Å². The number of nitrogens with one attached hydrogen (secondary N) is 1. The average molecular weight is 358 g/mol. The first-order valence-electron chi connectivity index (χ1n) is 7.79. The van der Waals surface area contributed by atoms with Crippen LogP contribution in [0.4, 0.5) is 0 Å². The number of amides is 1. The predicted octanol–water partition coefficient (Wildman–Crippen LogP) is 4.42. The number of hydrogen-bond donors (Lipinski definition) is 2. The van der Waals surface area contributed by atoms with Crippen LogP contribution in [0.15, 0.2) is 59.0 Å². The van der Waals surface area contributed by atoms with Gasteiger partial charge in [0, 0.05) is 16.8 Å². The summed E-state index contributed by atoms with van der Waals surface area (Å²) in [6, 6.07) is 15.6. The van der Waals surface area contributed by atoms with Crippen LogP contribution in [0.3, 0.4) is 0 Å². The number of hydrogen-bond acceptors (Lipinski definition) is 3. The largest absolute Gasteiger partial charge is 0.481 e. The summed E-state index contributed by atoms with van der Waals surface area (Å²) < 4.78 is 5.56. The van der Waals surface area contributed by atoms with E-state index in [9.17, 15) is 9.59 Å². The van der Waals surface area contributed by atoms with Crippen molar-refractivity contribution < 1.29 is 19.1 Å². The highest BCUT2D eigenvalue weighted by atomic mass is 35.5. The van der Waals surface area contributed by atoms with Crippen LogP contribution in [0.2, 0.25) is 5.02 Å². The molecule has 5 nitrogen and oxygen atoms in total. The first kappa shape index (κ1) is 17.0. The van der Waals surface area contributed by atoms with Gasteiger partial charge in [0.2, 0.25) is 0 Å². The monoisotopic (exact) mass is 357 g/mol. The van der Waals surface area contributed by atoms with E-state index >= 15 is 0 Å². The van der Waals surface area contributed by atoms with Crippen LogP contribution >= 0.6 is 11.6 Å². The highest BCUT2D eigenvalue weighted by molar-refractivity contribution is 6.31. The lowest BCUT2D eigenvalue weighted by Gasteiger charge is -2.17. The molecule has 25 heavy (non-hydrogen) atoms. The van der Waals surface area contributed by atoms with Gasteiger partial charge >= 0.3 is 5.97 Å². The lowest BCUT2D eigenvalue weighted by atomic mass is 10.0. The van der Waals surface area contributed by atoms with E-state index in [1.54, 1.807) is 24.3 Å². The van der Waals surface area contributed by atoms with Gasteiger partial charge in [-0.3, -0.25) is 9.59 Å². The molecular weight excluding hydrogens is 342 g/mol. The quantitative estimate of drug-likeness (QED) is 0.684. The van der Waals surface area contributed by atoms with Crippen molar-refractivity contribution in [1.82, 2.24) is 5.32 Å². The van der Waals surface area contributed by atoms with Gasteiger partial charge in [0.15, 0.2) is 5.76 Å². The molecule has 0 saturated carbocycles. The van der Waals surface area contributed by atoms with Gasteiger partial charge in [0.1, 0.15) is 5.58 Å². The fourth-order valence-corrected chi connectivity index (χ4v) is 2.81. The number of carbonyl (C=O) groups excluding carboxylic acids is 1. The highest BCUT2D eigenvalue weighted by Gasteiger charge is 2.19. The molecule has 1 aromatic heterocycles. The normalized spacial score (nSPS) is 12.0. The number of carbonyl (C=O) groups is 2. The lowest BCUT2D eigenvalue weighted by molar-refractivity contribution is -0.137. The van der Waals surface area contributed by atoms with E-state index in [-0.39, 0.29) is 18.6 Å². The Bertz CT molecular complexity index is 904. The zero-order chi connectivity index (χ0) is 17.8. The van der Waals surface area contributed by atoms with Crippen molar-refractivity contribution in [2.24, 2.45) is 0 Å². The Morgan fingerprint density at radius 2 is 1.88 bits per heavy atom. The Balaban J connectivity index is 1.81. The summed E-state index contributed by atoms with van der Waals surface area (Å²) in [6.07, 6.45) is 0.243. The number of benzene rings is 2. The number of fused-ring (bicyclic) bond motifs is 1. The molecule has 0 aliphatic carbocycles. The molecule has 0 unspecified atom stereocenters. The summed E-state index contributed by atoms with van der Waals surface area (Å²) in [7, 11) is 0. The standard InChI is InChI=1S/C19H16ClNO4/c20-14-6-8-16-13(10-14)11-17(25-16)19(24)21-15(7-9-18(22)23)12-4-2-1-3-5-12/h1-6,8,10-11,15H,7,9H2,(H,21,24)(H,22,23)/t15-/m0/s1. The molecule has 6 heteroatoms. The molecule has 3 aromatic rings. The zero-order valence-corrected chi connectivity index (χ0v) is 14.0. The molecule has 2 N–H and O–H groups in total. The maximum atomic E-state index is 12.5. The van der Waals surface area contributed by atoms with Crippen molar-refractivity contribution >= 4 is 34.4 Å². The third-order valence-electron chi connectivity index (χ3n) is 3.86. The van der Waals surface area contributed by atoms with Crippen molar-refractivity contribution in [3.63, 3.8) is 0 Å². The van der Waals surface area contributed by atoms with Crippen LogP contribution in [-0.4, -0.2) is 17.0 Å². The molecule has 0 spiro atoms. The van der Waals surface area contributed by atoms with Crippen molar-refractivity contribution in [3.8, 4) is 0 Å². The van der Waals surface area contributed by atoms with Gasteiger partial charge in [0.25, 0.3) is 5.91 Å². The molecular formula is C19H16ClNO4. The van der Waals surface area contributed by atoms with Gasteiger partial charge in [0.05, 0.1) is 6.04 Å². The zero-order valence-electron chi connectivity index (χ0n) is 13.2. The second kappa shape index (κ2) is 7.40. The van der Waals surface area contributed by atoms with Crippen LogP contribution in [0.1, 0.15) is 35.0 Å². The number of furan rings is 1. The summed E-state index contributed by atoms with van der Waals surface area (Å²) in [5.41, 5.74) is 1.41. The molecule has 2 aromatic carbocycles. The molecule has 1 heterocycles. The molecule has 0 fully saturated rings. The number of carboxylic acid groups (broad SMARTS) is 1. The van der Waals surface area contributed by atoms with Crippen molar-refractivity contribution in [2.45, 2.75) is 18.9 Å². The number of aliphatic carboxylic acids is 1. The molecule has 128 valence electrons. The molecule has 1 atom stereocenters. The molecule has 1 amide bonds. The van der Waals surface area contributed by atoms with E-state index < -0.39 is 17.9 Å². The van der Waals surface area contributed by atoms with Crippen molar-refractivity contribution in [3.05, 3.63) is 70.9 Å². The van der Waals surface area contributed by atoms with E-state index in [0.29, 0.717) is 10.6 Å². The lowest BCUT2D eigenvalue weighted by Crippen LogP contribution is -2.28. The second-order valence-electron chi connectivity index (χ2n) is 5.66. The van der Waals surface area contributed by atoms with E-state index in [4.69, 9.17) is 21.1 Å². The minimum atomic E-state index is -0.909. The third-order valence-corrected chi connectivity index (χ3v) is 4.09. The van der Waals surface area contributed by atoms with Crippen molar-refractivity contribution in [2.75, 3.05) is 0 Å². The van der Waals surface area contributed by atoms with Gasteiger partial charge in [-0.05, 0) is 36.2 Å². The minimum Gasteiger partial charge on any atom is -0.481 e. The Kier molecular flexibility index (Phi) is 5.05. The Morgan fingerprint density at radius 3 is 2.60 bits per heavy atom. The molecule has 0 aliphatic heterocycles. The summed E-state index contributed by atoms with van der Waals surface area (Å²) in [4.78, 5) is 23.4. The van der Waals surface area contributed by atoms with E-state index in [1.807, 2.05) is 30.3 Å². The number of carboxylic acids is 1. The fraction of sp³-hybridized carbons (Fsp3) is 0.158. The van der Waals surface area contributed by atoms with E-state index in [1.165, 1.54) is 0 Å². The Morgan fingerprint density at radius 1 is 1.12 bits per heavy atom. The molecule has 0 aliphatic rings. The first-order chi connectivity index (χ1) is 12.0. The van der Waals surface area contributed by atoms with Gasteiger partial charge < -0.3 is 14.8 Å². The summed E-state index contributed by atoms with van der Waals surface area (Å²) in [5, 5.41) is 13.1. The van der Waals surface area contributed by atoms with Gasteiger partial charge in [-0.1, -0.05) is 41.9 Å². The van der Waals surface area contributed by atoms with Crippen LogP contribution in [0, 0.1) is 0 Å². The highest BCUT2D eigenvalue weighted by Crippen LogP contribution is 2.24. The smallest absolute Gasteiger partial charge is 0.303 e. The van der Waals surface area contributed by atoms with Gasteiger partial charge in [-0.2, -0.15) is 0 Å². The number of halogens is 1. The Hall–Kier alpha value is -2.79. The minimum absolute atomic E-state index is 0.0461. The number of rotatable bonds is 6. The Labute approximate surface area is 149 Å². The topological polar surface area (TPSA) is 79.5 Å². The predicted molar refractivity (Wildman–Crippen MR) is 94.7 cm³/mol. The van der Waals surface area contributed by atoms with Crippen molar-refractivity contribution in [1.29, 1.82) is 0 Å². The third kappa shape index (κ3) is 4.19. The summed E-state index contributed by atoms with van der Waals surface area (Å²) >= 11 is 5.94. The van der Waals surface area contributed by atoms with E-state index in [0.717, 1.165) is 10.9 Å². The van der Waals surface area contributed by atoms with Crippen LogP contribution in [0.25, 0.3) is 11.0 Å².